The third-order valence-corrected chi connectivity index (χ3v) is 2.64. The van der Waals surface area contributed by atoms with Gasteiger partial charge in [0.15, 0.2) is 0 Å². The van der Waals surface area contributed by atoms with E-state index < -0.39 is 5.41 Å². The van der Waals surface area contributed by atoms with Gasteiger partial charge < -0.3 is 9.84 Å². The molecule has 0 aliphatic rings. The van der Waals surface area contributed by atoms with Crippen LogP contribution in [0.15, 0.2) is 30.3 Å². The van der Waals surface area contributed by atoms with Gasteiger partial charge in [0.25, 0.3) is 0 Å². The van der Waals surface area contributed by atoms with E-state index in [4.69, 9.17) is 11.2 Å². The fourth-order valence-corrected chi connectivity index (χ4v) is 1.35. The minimum Gasteiger partial charge on any atom is -0.394 e. The van der Waals surface area contributed by atoms with Gasteiger partial charge in [-0.25, -0.2) is 0 Å². The molecule has 0 radical (unpaired) electrons. The number of rotatable bonds is 5. The van der Waals surface area contributed by atoms with Crippen molar-refractivity contribution in [2.45, 2.75) is 26.6 Å². The second-order valence-corrected chi connectivity index (χ2v) is 4.33. The normalized spacial score (nSPS) is 13.1. The van der Waals surface area contributed by atoms with Gasteiger partial charge in [0.1, 0.15) is 0 Å². The van der Waals surface area contributed by atoms with Crippen molar-refractivity contribution in [3.63, 3.8) is 0 Å². The Morgan fingerprint density at radius 2 is 2.00 bits per heavy atom. The molecule has 1 rings (SSSR count). The highest BCUT2D eigenvalue weighted by molar-refractivity contribution is 5.13. The van der Waals surface area contributed by atoms with E-state index in [0.29, 0.717) is 6.61 Å². The molecule has 1 atom stereocenters. The summed E-state index contributed by atoms with van der Waals surface area (Å²) < 4.78 is 5.64. The molecule has 0 aromatic heterocycles. The van der Waals surface area contributed by atoms with Crippen LogP contribution in [-0.4, -0.2) is 17.8 Å². The molecule has 16 heavy (non-hydrogen) atoms. The lowest BCUT2D eigenvalue weighted by Crippen LogP contribution is -2.33. The van der Waals surface area contributed by atoms with Crippen LogP contribution in [0.25, 0.3) is 0 Å². The highest BCUT2D eigenvalue weighted by Crippen LogP contribution is 2.22. The summed E-state index contributed by atoms with van der Waals surface area (Å²) >= 11 is 0. The zero-order valence-corrected chi connectivity index (χ0v) is 9.81. The van der Waals surface area contributed by atoms with E-state index in [1.807, 2.05) is 44.2 Å². The summed E-state index contributed by atoms with van der Waals surface area (Å²) in [5, 5.41) is 9.25. The zero-order valence-electron chi connectivity index (χ0n) is 9.81. The highest BCUT2D eigenvalue weighted by Gasteiger charge is 2.27. The van der Waals surface area contributed by atoms with Crippen molar-refractivity contribution in [1.82, 2.24) is 0 Å². The molecule has 1 aromatic carbocycles. The second kappa shape index (κ2) is 5.69. The SMILES string of the molecule is C#CC(C)(C)[C@H](CO)OCc1ccccc1. The first kappa shape index (κ1) is 12.8. The molecule has 0 aliphatic heterocycles. The van der Waals surface area contributed by atoms with Crippen molar-refractivity contribution in [2.75, 3.05) is 6.61 Å². The van der Waals surface area contributed by atoms with Crippen molar-refractivity contribution >= 4 is 0 Å². The van der Waals surface area contributed by atoms with Crippen LogP contribution in [0, 0.1) is 17.8 Å². The highest BCUT2D eigenvalue weighted by atomic mass is 16.5. The number of ether oxygens (including phenoxy) is 1. The maximum atomic E-state index is 9.25. The lowest BCUT2D eigenvalue weighted by Gasteiger charge is -2.28. The third-order valence-electron chi connectivity index (χ3n) is 2.64. The van der Waals surface area contributed by atoms with Gasteiger partial charge in [-0.1, -0.05) is 36.3 Å². The van der Waals surface area contributed by atoms with E-state index in [0.717, 1.165) is 5.56 Å². The zero-order chi connectivity index (χ0) is 12.0. The molecule has 0 saturated heterocycles. The van der Waals surface area contributed by atoms with Crippen molar-refractivity contribution in [1.29, 1.82) is 0 Å². The third kappa shape index (κ3) is 3.37. The van der Waals surface area contributed by atoms with Gasteiger partial charge in [-0.2, -0.15) is 0 Å². The molecular weight excluding hydrogens is 200 g/mol. The summed E-state index contributed by atoms with van der Waals surface area (Å²) in [6.07, 6.45) is 5.08. The predicted octanol–water partition coefficient (Wildman–Crippen LogP) is 2.22. The maximum absolute atomic E-state index is 9.25. The Balaban J connectivity index is 2.57. The van der Waals surface area contributed by atoms with Crippen LogP contribution in [-0.2, 0) is 11.3 Å². The maximum Gasteiger partial charge on any atom is 0.0969 e. The van der Waals surface area contributed by atoms with Crippen LogP contribution < -0.4 is 0 Å². The lowest BCUT2D eigenvalue weighted by molar-refractivity contribution is -0.0447. The van der Waals surface area contributed by atoms with Crippen LogP contribution in [0.1, 0.15) is 19.4 Å². The Bertz CT molecular complexity index is 349. The Kier molecular flexibility index (Phi) is 4.54. The average molecular weight is 218 g/mol. The van der Waals surface area contributed by atoms with Crippen LogP contribution in [0.3, 0.4) is 0 Å². The fraction of sp³-hybridized carbons (Fsp3) is 0.429. The number of hydrogen-bond acceptors (Lipinski definition) is 2. The first-order valence-electron chi connectivity index (χ1n) is 5.34. The van der Waals surface area contributed by atoms with Gasteiger partial charge in [0, 0.05) is 0 Å². The molecule has 2 heteroatoms. The predicted molar refractivity (Wildman–Crippen MR) is 64.7 cm³/mol. The summed E-state index contributed by atoms with van der Waals surface area (Å²) in [7, 11) is 0. The molecule has 0 amide bonds. The van der Waals surface area contributed by atoms with Crippen molar-refractivity contribution < 1.29 is 9.84 Å². The topological polar surface area (TPSA) is 29.5 Å². The van der Waals surface area contributed by atoms with E-state index in [1.54, 1.807) is 0 Å². The first-order valence-corrected chi connectivity index (χ1v) is 5.34. The molecule has 2 nitrogen and oxygen atoms in total. The summed E-state index contributed by atoms with van der Waals surface area (Å²) in [5.41, 5.74) is 0.623. The molecule has 1 aromatic rings. The van der Waals surface area contributed by atoms with E-state index in [1.165, 1.54) is 0 Å². The summed E-state index contributed by atoms with van der Waals surface area (Å²) in [4.78, 5) is 0. The summed E-state index contributed by atoms with van der Waals surface area (Å²) in [5.74, 6) is 2.64. The molecule has 0 spiro atoms. The molecule has 86 valence electrons. The van der Waals surface area contributed by atoms with Gasteiger partial charge >= 0.3 is 0 Å². The molecule has 0 fully saturated rings. The smallest absolute Gasteiger partial charge is 0.0969 e. The largest absolute Gasteiger partial charge is 0.394 e. The fourth-order valence-electron chi connectivity index (χ4n) is 1.35. The Morgan fingerprint density at radius 3 is 2.50 bits per heavy atom. The molecule has 0 saturated carbocycles. The summed E-state index contributed by atoms with van der Waals surface area (Å²) in [6, 6.07) is 9.84. The van der Waals surface area contributed by atoms with Crippen LogP contribution >= 0.6 is 0 Å². The van der Waals surface area contributed by atoms with Gasteiger partial charge in [0.2, 0.25) is 0 Å². The van der Waals surface area contributed by atoms with E-state index in [2.05, 4.69) is 5.92 Å². The number of terminal acetylenes is 1. The average Bonchev–Trinajstić information content (AvgIpc) is 2.31. The second-order valence-electron chi connectivity index (χ2n) is 4.33. The number of hydrogen-bond donors (Lipinski definition) is 1. The number of aliphatic hydroxyl groups is 1. The molecule has 0 aliphatic carbocycles. The van der Waals surface area contributed by atoms with Crippen molar-refractivity contribution in [3.8, 4) is 12.3 Å². The van der Waals surface area contributed by atoms with Crippen LogP contribution in [0.4, 0.5) is 0 Å². The van der Waals surface area contributed by atoms with Gasteiger partial charge in [-0.15, -0.1) is 6.42 Å². The Morgan fingerprint density at radius 1 is 1.38 bits per heavy atom. The first-order chi connectivity index (χ1) is 7.60. The van der Waals surface area contributed by atoms with Gasteiger partial charge in [-0.05, 0) is 19.4 Å². The van der Waals surface area contributed by atoms with E-state index in [-0.39, 0.29) is 12.7 Å². The Hall–Kier alpha value is -1.30. The standard InChI is InChI=1S/C14H18O2/c1-4-14(2,3)13(10-15)16-11-12-8-6-5-7-9-12/h1,5-9,13,15H,10-11H2,2-3H3/t13-/m0/s1. The van der Waals surface area contributed by atoms with E-state index in [9.17, 15) is 5.11 Å². The van der Waals surface area contributed by atoms with Crippen LogP contribution in [0.2, 0.25) is 0 Å². The minimum atomic E-state index is -0.455. The molecule has 0 heterocycles. The molecule has 1 N–H and O–H groups in total. The molecule has 0 unspecified atom stereocenters. The number of aliphatic hydroxyl groups excluding tert-OH is 1. The van der Waals surface area contributed by atoms with Gasteiger partial charge in [-0.3, -0.25) is 0 Å². The summed E-state index contributed by atoms with van der Waals surface area (Å²) in [6.45, 7) is 4.18. The molecule has 0 bridgehead atoms. The van der Waals surface area contributed by atoms with E-state index >= 15 is 0 Å². The monoisotopic (exact) mass is 218 g/mol. The van der Waals surface area contributed by atoms with Crippen LogP contribution in [0.5, 0.6) is 0 Å². The van der Waals surface area contributed by atoms with Gasteiger partial charge in [0.05, 0.1) is 24.7 Å². The molecular formula is C14H18O2. The lowest BCUT2D eigenvalue weighted by atomic mass is 9.88. The number of benzene rings is 1. The van der Waals surface area contributed by atoms with Crippen molar-refractivity contribution in [3.05, 3.63) is 35.9 Å². The van der Waals surface area contributed by atoms with Crippen molar-refractivity contribution in [2.24, 2.45) is 5.41 Å². The minimum absolute atomic E-state index is 0.0654. The Labute approximate surface area is 97.3 Å². The quantitative estimate of drug-likeness (QED) is 0.768.